The summed E-state index contributed by atoms with van der Waals surface area (Å²) < 4.78 is 45.4. The van der Waals surface area contributed by atoms with Crippen LogP contribution < -0.4 is 15.8 Å². The predicted molar refractivity (Wildman–Crippen MR) is 80.0 cm³/mol. The highest BCUT2D eigenvalue weighted by atomic mass is 19.4. The minimum absolute atomic E-state index is 0.260. The molecule has 0 heterocycles. The van der Waals surface area contributed by atoms with Crippen molar-refractivity contribution in [3.05, 3.63) is 29.8 Å². The molecule has 0 atom stereocenters. The highest BCUT2D eigenvalue weighted by Crippen LogP contribution is 2.28. The molecule has 1 fully saturated rings. The molecule has 1 aliphatic rings. The normalized spacial score (nSPS) is 15.5. The Balaban J connectivity index is 1.66. The van der Waals surface area contributed by atoms with E-state index < -0.39 is 6.36 Å². The number of alkyl halides is 3. The number of guanidine groups is 1. The SMILES string of the molecule is NC(=NCc1ccc(OC(F)(F)F)cc1)NCCOCC1CC1. The van der Waals surface area contributed by atoms with Gasteiger partial charge in [0.2, 0.25) is 0 Å². The van der Waals surface area contributed by atoms with Crippen LogP contribution in [0.1, 0.15) is 18.4 Å². The summed E-state index contributed by atoms with van der Waals surface area (Å²) in [5.41, 5.74) is 6.43. The third-order valence-electron chi connectivity index (χ3n) is 3.19. The lowest BCUT2D eigenvalue weighted by molar-refractivity contribution is -0.274. The molecule has 1 saturated carbocycles. The zero-order chi connectivity index (χ0) is 16.7. The van der Waals surface area contributed by atoms with Crippen molar-refractivity contribution in [3.8, 4) is 5.75 Å². The quantitative estimate of drug-likeness (QED) is 0.436. The van der Waals surface area contributed by atoms with Gasteiger partial charge in [-0.15, -0.1) is 13.2 Å². The van der Waals surface area contributed by atoms with Gasteiger partial charge in [0, 0.05) is 13.2 Å². The van der Waals surface area contributed by atoms with Crippen molar-refractivity contribution < 1.29 is 22.6 Å². The molecule has 128 valence electrons. The van der Waals surface area contributed by atoms with Gasteiger partial charge in [-0.3, -0.25) is 0 Å². The van der Waals surface area contributed by atoms with E-state index in [2.05, 4.69) is 15.0 Å². The first-order valence-corrected chi connectivity index (χ1v) is 7.38. The van der Waals surface area contributed by atoms with Gasteiger partial charge in [-0.1, -0.05) is 12.1 Å². The number of aliphatic imine (C=N–C) groups is 1. The second-order valence-electron chi connectivity index (χ2n) is 5.34. The van der Waals surface area contributed by atoms with Crippen LogP contribution in [0.3, 0.4) is 0 Å². The number of benzene rings is 1. The fraction of sp³-hybridized carbons (Fsp3) is 0.533. The van der Waals surface area contributed by atoms with Gasteiger partial charge in [0.1, 0.15) is 5.75 Å². The third-order valence-corrected chi connectivity index (χ3v) is 3.19. The molecular formula is C15H20F3N3O2. The first-order chi connectivity index (χ1) is 10.9. The van der Waals surface area contributed by atoms with Gasteiger partial charge < -0.3 is 20.5 Å². The van der Waals surface area contributed by atoms with E-state index in [1.165, 1.54) is 37.1 Å². The molecule has 0 radical (unpaired) electrons. The molecular weight excluding hydrogens is 311 g/mol. The van der Waals surface area contributed by atoms with Crippen molar-refractivity contribution in [2.24, 2.45) is 16.6 Å². The van der Waals surface area contributed by atoms with Crippen LogP contribution in [0, 0.1) is 5.92 Å². The van der Waals surface area contributed by atoms with Gasteiger partial charge >= 0.3 is 6.36 Å². The molecule has 5 nitrogen and oxygen atoms in total. The lowest BCUT2D eigenvalue weighted by atomic mass is 10.2. The number of nitrogens with one attached hydrogen (secondary N) is 1. The largest absolute Gasteiger partial charge is 0.573 e. The van der Waals surface area contributed by atoms with E-state index in [1.54, 1.807) is 0 Å². The van der Waals surface area contributed by atoms with E-state index >= 15 is 0 Å². The third kappa shape index (κ3) is 7.73. The smallest absolute Gasteiger partial charge is 0.406 e. The Morgan fingerprint density at radius 3 is 2.57 bits per heavy atom. The fourth-order valence-corrected chi connectivity index (χ4v) is 1.81. The van der Waals surface area contributed by atoms with Gasteiger partial charge in [-0.25, -0.2) is 4.99 Å². The molecule has 1 aromatic carbocycles. The minimum atomic E-state index is -4.68. The summed E-state index contributed by atoms with van der Waals surface area (Å²) in [5, 5.41) is 2.92. The van der Waals surface area contributed by atoms with Crippen LogP contribution in [-0.2, 0) is 11.3 Å². The Morgan fingerprint density at radius 1 is 1.26 bits per heavy atom. The maximum absolute atomic E-state index is 12.0. The first kappa shape index (κ1) is 17.4. The molecule has 0 aromatic heterocycles. The van der Waals surface area contributed by atoms with Crippen molar-refractivity contribution in [2.45, 2.75) is 25.7 Å². The monoisotopic (exact) mass is 331 g/mol. The molecule has 3 N–H and O–H groups in total. The zero-order valence-corrected chi connectivity index (χ0v) is 12.6. The Labute approximate surface area is 132 Å². The number of nitrogens with zero attached hydrogens (tertiary/aromatic N) is 1. The topological polar surface area (TPSA) is 68.9 Å². The van der Waals surface area contributed by atoms with Crippen LogP contribution in [0.2, 0.25) is 0 Å². The van der Waals surface area contributed by atoms with Gasteiger partial charge in [-0.05, 0) is 36.5 Å². The van der Waals surface area contributed by atoms with Crippen LogP contribution in [0.4, 0.5) is 13.2 Å². The lowest BCUT2D eigenvalue weighted by Crippen LogP contribution is -2.34. The second kappa shape index (κ2) is 8.05. The summed E-state index contributed by atoms with van der Waals surface area (Å²) in [5.74, 6) is 0.741. The van der Waals surface area contributed by atoms with Gasteiger partial charge in [0.25, 0.3) is 0 Å². The highest BCUT2D eigenvalue weighted by molar-refractivity contribution is 5.77. The molecule has 8 heteroatoms. The molecule has 0 spiro atoms. The molecule has 0 aliphatic heterocycles. The van der Waals surface area contributed by atoms with E-state index in [0.717, 1.165) is 18.1 Å². The standard InChI is InChI=1S/C15H20F3N3O2/c16-15(17,18)23-13-5-3-11(4-6-13)9-21-14(19)20-7-8-22-10-12-1-2-12/h3-6,12H,1-2,7-10H2,(H3,19,20,21). The summed E-state index contributed by atoms with van der Waals surface area (Å²) in [6, 6.07) is 5.51. The lowest BCUT2D eigenvalue weighted by Gasteiger charge is -2.09. The minimum Gasteiger partial charge on any atom is -0.406 e. The van der Waals surface area contributed by atoms with Gasteiger partial charge in [-0.2, -0.15) is 0 Å². The molecule has 1 aromatic rings. The Bertz CT molecular complexity index is 514. The number of hydrogen-bond acceptors (Lipinski definition) is 3. The predicted octanol–water partition coefficient (Wildman–Crippen LogP) is 2.42. The van der Waals surface area contributed by atoms with E-state index in [1.807, 2.05) is 0 Å². The van der Waals surface area contributed by atoms with Gasteiger partial charge in [0.15, 0.2) is 5.96 Å². The van der Waals surface area contributed by atoms with Crippen LogP contribution in [-0.4, -0.2) is 32.1 Å². The molecule has 0 amide bonds. The summed E-state index contributed by atoms with van der Waals surface area (Å²) in [4.78, 5) is 4.11. The van der Waals surface area contributed by atoms with Crippen molar-refractivity contribution in [1.29, 1.82) is 0 Å². The number of hydrogen-bond donors (Lipinski definition) is 2. The van der Waals surface area contributed by atoms with Crippen molar-refractivity contribution in [3.63, 3.8) is 0 Å². The number of rotatable bonds is 8. The highest BCUT2D eigenvalue weighted by Gasteiger charge is 2.30. The van der Waals surface area contributed by atoms with E-state index in [-0.39, 0.29) is 18.3 Å². The van der Waals surface area contributed by atoms with Gasteiger partial charge in [0.05, 0.1) is 13.2 Å². The molecule has 1 aliphatic carbocycles. The first-order valence-electron chi connectivity index (χ1n) is 7.38. The summed E-state index contributed by atoms with van der Waals surface area (Å²) in [6.45, 7) is 2.20. The van der Waals surface area contributed by atoms with Crippen LogP contribution >= 0.6 is 0 Å². The Morgan fingerprint density at radius 2 is 1.96 bits per heavy atom. The Hall–Kier alpha value is -1.96. The molecule has 0 saturated heterocycles. The molecule has 2 rings (SSSR count). The summed E-state index contributed by atoms with van der Waals surface area (Å²) in [6.07, 6.45) is -2.18. The van der Waals surface area contributed by atoms with Crippen molar-refractivity contribution in [1.82, 2.24) is 5.32 Å². The van der Waals surface area contributed by atoms with E-state index in [9.17, 15) is 13.2 Å². The average Bonchev–Trinajstić information content (AvgIpc) is 3.29. The van der Waals surface area contributed by atoms with Crippen LogP contribution in [0.15, 0.2) is 29.3 Å². The average molecular weight is 331 g/mol. The van der Waals surface area contributed by atoms with Crippen molar-refractivity contribution >= 4 is 5.96 Å². The second-order valence-corrected chi connectivity index (χ2v) is 5.34. The number of halogens is 3. The summed E-state index contributed by atoms with van der Waals surface area (Å²) >= 11 is 0. The zero-order valence-electron chi connectivity index (χ0n) is 12.6. The maximum Gasteiger partial charge on any atom is 0.573 e. The fourth-order valence-electron chi connectivity index (χ4n) is 1.81. The molecule has 23 heavy (non-hydrogen) atoms. The Kier molecular flexibility index (Phi) is 6.09. The maximum atomic E-state index is 12.0. The van der Waals surface area contributed by atoms with E-state index in [0.29, 0.717) is 13.2 Å². The number of nitrogens with two attached hydrogens (primary N) is 1. The molecule has 0 bridgehead atoms. The van der Waals surface area contributed by atoms with Crippen LogP contribution in [0.25, 0.3) is 0 Å². The van der Waals surface area contributed by atoms with E-state index in [4.69, 9.17) is 10.5 Å². The van der Waals surface area contributed by atoms with Crippen molar-refractivity contribution in [2.75, 3.05) is 19.8 Å². The molecule has 0 unspecified atom stereocenters. The number of ether oxygens (including phenoxy) is 2. The summed E-state index contributed by atoms with van der Waals surface area (Å²) in [7, 11) is 0. The van der Waals surface area contributed by atoms with Crippen LogP contribution in [0.5, 0.6) is 5.75 Å².